The molecule has 196 valence electrons. The van der Waals surface area contributed by atoms with Crippen molar-refractivity contribution >= 4 is 0 Å². The molecular weight excluding hydrogens is 453 g/mol. The smallest absolute Gasteiger partial charge is 0.130 e. The summed E-state index contributed by atoms with van der Waals surface area (Å²) in [5.74, 6) is 0. The van der Waals surface area contributed by atoms with Gasteiger partial charge in [-0.05, 0) is 55.2 Å². The minimum atomic E-state index is -1.40. The fraction of sp³-hybridized carbons (Fsp3) is 0.343. The molecule has 4 aromatic rings. The number of unbranched alkanes of at least 4 members (excludes halogenated alkanes) is 2. The Labute approximate surface area is 224 Å². The average Bonchev–Trinajstić information content (AvgIpc) is 2.93. The molecule has 0 fully saturated rings. The molecule has 0 atom stereocenters. The molecule has 2 heteroatoms. The number of pyridine rings is 1. The van der Waals surface area contributed by atoms with Crippen LogP contribution in [0.15, 0.2) is 91.0 Å². The number of alkyl halides is 1. The molecule has 0 aliphatic carbocycles. The van der Waals surface area contributed by atoms with Crippen molar-refractivity contribution < 1.29 is 4.39 Å². The first-order valence-electron chi connectivity index (χ1n) is 13.7. The van der Waals surface area contributed by atoms with E-state index in [2.05, 4.69) is 58.0 Å². The molecule has 0 saturated carbocycles. The molecule has 1 heterocycles. The second kappa shape index (κ2) is 15.1. The minimum absolute atomic E-state index is 0.671. The largest absolute Gasteiger partial charge is 0.252 e. The van der Waals surface area contributed by atoms with Crippen LogP contribution >= 0.6 is 0 Å². The summed E-state index contributed by atoms with van der Waals surface area (Å²) in [7, 11) is 0. The van der Waals surface area contributed by atoms with Crippen molar-refractivity contribution in [3.05, 3.63) is 102 Å². The Morgan fingerprint density at radius 3 is 1.59 bits per heavy atom. The summed E-state index contributed by atoms with van der Waals surface area (Å²) in [6, 6.07) is 30.3. The van der Waals surface area contributed by atoms with Crippen molar-refractivity contribution in [3.63, 3.8) is 0 Å². The van der Waals surface area contributed by atoms with Crippen LogP contribution in [-0.2, 0) is 5.67 Å². The van der Waals surface area contributed by atoms with E-state index >= 15 is 0 Å². The molecule has 4 rings (SSSR count). The van der Waals surface area contributed by atoms with Gasteiger partial charge in [-0.1, -0.05) is 132 Å². The van der Waals surface area contributed by atoms with Gasteiger partial charge in [-0.3, -0.25) is 4.98 Å². The van der Waals surface area contributed by atoms with Crippen LogP contribution < -0.4 is 0 Å². The fourth-order valence-corrected chi connectivity index (χ4v) is 3.68. The van der Waals surface area contributed by atoms with Crippen LogP contribution in [-0.4, -0.2) is 4.98 Å². The summed E-state index contributed by atoms with van der Waals surface area (Å²) in [5, 5.41) is 0. The third kappa shape index (κ3) is 8.97. The maximum absolute atomic E-state index is 14.7. The second-order valence-electron chi connectivity index (χ2n) is 9.80. The summed E-state index contributed by atoms with van der Waals surface area (Å²) in [6.07, 6.45) is 5.28. The van der Waals surface area contributed by atoms with E-state index in [0.29, 0.717) is 5.56 Å². The predicted octanol–water partition coefficient (Wildman–Crippen LogP) is 11.2. The normalized spacial score (nSPS) is 10.6. The lowest BCUT2D eigenvalue weighted by molar-refractivity contribution is 0.221. The molecule has 0 spiro atoms. The number of aryl methyl sites for hydroxylation is 1. The van der Waals surface area contributed by atoms with Crippen molar-refractivity contribution in [1.82, 2.24) is 4.98 Å². The number of hydrogen-bond acceptors (Lipinski definition) is 1. The van der Waals surface area contributed by atoms with Gasteiger partial charge < -0.3 is 0 Å². The predicted molar refractivity (Wildman–Crippen MR) is 161 cm³/mol. The lowest BCUT2D eigenvalue weighted by Crippen LogP contribution is -2.08. The van der Waals surface area contributed by atoms with Crippen molar-refractivity contribution in [1.29, 1.82) is 0 Å². The van der Waals surface area contributed by atoms with Gasteiger partial charge in [0.15, 0.2) is 0 Å². The van der Waals surface area contributed by atoms with Crippen LogP contribution in [0.2, 0.25) is 0 Å². The third-order valence-corrected chi connectivity index (χ3v) is 6.19. The maximum atomic E-state index is 14.7. The lowest BCUT2D eigenvalue weighted by Gasteiger charge is -2.19. The van der Waals surface area contributed by atoms with E-state index in [1.54, 1.807) is 13.8 Å². The number of hydrogen-bond donors (Lipinski definition) is 0. The molecule has 0 unspecified atom stereocenters. The highest BCUT2D eigenvalue weighted by Crippen LogP contribution is 2.38. The van der Waals surface area contributed by atoms with Gasteiger partial charge in [-0.2, -0.15) is 0 Å². The van der Waals surface area contributed by atoms with Gasteiger partial charge in [0.05, 0.1) is 5.69 Å². The molecule has 1 nitrogen and oxygen atoms in total. The molecule has 37 heavy (non-hydrogen) atoms. The molecule has 0 saturated heterocycles. The van der Waals surface area contributed by atoms with Crippen molar-refractivity contribution in [2.45, 2.75) is 79.8 Å². The summed E-state index contributed by atoms with van der Waals surface area (Å²) in [5.41, 5.74) is 6.47. The number of halogens is 1. The standard InChI is InChI=1S/C27H24FN.2C4H10/c1-19-26(21-13-8-5-9-14-21)24(18-25(29-19)20-11-6-4-7-12-20)22-15-10-16-23(17-22)27(2,3)28;2*1-3-4-2/h4-18H,1-3H3;2*3-4H2,1-2H3. The molecule has 3 aromatic carbocycles. The number of aromatic nitrogens is 1. The van der Waals surface area contributed by atoms with E-state index in [-0.39, 0.29) is 0 Å². The Balaban J connectivity index is 0.000000530. The van der Waals surface area contributed by atoms with Crippen LogP contribution in [0.4, 0.5) is 4.39 Å². The Hall–Kier alpha value is -3.26. The zero-order valence-electron chi connectivity index (χ0n) is 23.8. The minimum Gasteiger partial charge on any atom is -0.252 e. The first-order chi connectivity index (χ1) is 17.8. The first kappa shape index (κ1) is 30.0. The molecule has 0 aliphatic rings. The van der Waals surface area contributed by atoms with E-state index in [1.165, 1.54) is 25.7 Å². The number of nitrogens with zero attached hydrogens (tertiary/aromatic N) is 1. The van der Waals surface area contributed by atoms with Gasteiger partial charge in [-0.15, -0.1) is 0 Å². The van der Waals surface area contributed by atoms with Crippen LogP contribution in [0.25, 0.3) is 33.5 Å². The molecule has 0 bridgehead atoms. The summed E-state index contributed by atoms with van der Waals surface area (Å²) in [4.78, 5) is 4.90. The van der Waals surface area contributed by atoms with Crippen LogP contribution in [0.5, 0.6) is 0 Å². The fourth-order valence-electron chi connectivity index (χ4n) is 3.68. The Kier molecular flexibility index (Phi) is 12.2. The summed E-state index contributed by atoms with van der Waals surface area (Å²) < 4.78 is 14.7. The molecular formula is C35H44FN. The van der Waals surface area contributed by atoms with E-state index < -0.39 is 5.67 Å². The van der Waals surface area contributed by atoms with E-state index in [4.69, 9.17) is 4.98 Å². The summed E-state index contributed by atoms with van der Waals surface area (Å²) >= 11 is 0. The van der Waals surface area contributed by atoms with Gasteiger partial charge in [0.2, 0.25) is 0 Å². The van der Waals surface area contributed by atoms with E-state index in [0.717, 1.165) is 39.2 Å². The topological polar surface area (TPSA) is 12.9 Å². The van der Waals surface area contributed by atoms with Crippen LogP contribution in [0.1, 0.15) is 78.5 Å². The maximum Gasteiger partial charge on any atom is 0.130 e. The van der Waals surface area contributed by atoms with Crippen LogP contribution in [0, 0.1) is 6.92 Å². The highest BCUT2D eigenvalue weighted by atomic mass is 19.1. The molecule has 0 aliphatic heterocycles. The Bertz CT molecular complexity index is 1180. The van der Waals surface area contributed by atoms with Gasteiger partial charge >= 0.3 is 0 Å². The zero-order valence-corrected chi connectivity index (χ0v) is 23.8. The Morgan fingerprint density at radius 1 is 0.622 bits per heavy atom. The molecule has 1 aromatic heterocycles. The SMILES string of the molecule is CCCC.CCCC.Cc1nc(-c2ccccc2)cc(-c2cccc(C(C)(C)F)c2)c1-c1ccccc1. The number of benzene rings is 3. The Morgan fingerprint density at radius 2 is 1.11 bits per heavy atom. The third-order valence-electron chi connectivity index (χ3n) is 6.19. The molecule has 0 amide bonds. The lowest BCUT2D eigenvalue weighted by atomic mass is 9.89. The first-order valence-corrected chi connectivity index (χ1v) is 13.7. The summed E-state index contributed by atoms with van der Waals surface area (Å²) in [6.45, 7) is 14.0. The van der Waals surface area contributed by atoms with Gasteiger partial charge in [0, 0.05) is 16.8 Å². The highest BCUT2D eigenvalue weighted by molar-refractivity contribution is 5.87. The van der Waals surface area contributed by atoms with Crippen molar-refractivity contribution in [2.75, 3.05) is 0 Å². The quantitative estimate of drug-likeness (QED) is 0.258. The van der Waals surface area contributed by atoms with Crippen molar-refractivity contribution in [2.24, 2.45) is 0 Å². The van der Waals surface area contributed by atoms with Gasteiger partial charge in [0.1, 0.15) is 5.67 Å². The number of rotatable bonds is 6. The van der Waals surface area contributed by atoms with Crippen LogP contribution in [0.3, 0.4) is 0 Å². The monoisotopic (exact) mass is 497 g/mol. The van der Waals surface area contributed by atoms with Gasteiger partial charge in [-0.25, -0.2) is 4.39 Å². The van der Waals surface area contributed by atoms with Gasteiger partial charge in [0.25, 0.3) is 0 Å². The zero-order chi connectivity index (χ0) is 27.3. The second-order valence-corrected chi connectivity index (χ2v) is 9.80. The average molecular weight is 498 g/mol. The van der Waals surface area contributed by atoms with E-state index in [1.807, 2.05) is 67.6 Å². The van der Waals surface area contributed by atoms with E-state index in [9.17, 15) is 4.39 Å². The highest BCUT2D eigenvalue weighted by Gasteiger charge is 2.20. The molecule has 0 radical (unpaired) electrons. The van der Waals surface area contributed by atoms with Crippen molar-refractivity contribution in [3.8, 4) is 33.5 Å². The molecule has 0 N–H and O–H groups in total.